The van der Waals surface area contributed by atoms with E-state index in [9.17, 15) is 4.79 Å². The number of carboxylic acids is 1. The van der Waals surface area contributed by atoms with Crippen LogP contribution >= 0.6 is 12.2 Å². The van der Waals surface area contributed by atoms with Gasteiger partial charge < -0.3 is 15.4 Å². The second kappa shape index (κ2) is 6.49. The van der Waals surface area contributed by atoms with Gasteiger partial charge in [0.1, 0.15) is 16.3 Å². The maximum Gasteiger partial charge on any atom is 0.335 e. The lowest BCUT2D eigenvalue weighted by molar-refractivity contribution is 0.0697. The zero-order chi connectivity index (χ0) is 15.4. The van der Waals surface area contributed by atoms with Crippen LogP contribution in [0.15, 0.2) is 30.3 Å². The standard InChI is InChI=1S/C15H17N3O2S/c1-9(2)14-17-12(7-13(21)18-14)16-8-10-3-5-11(6-4-10)15(19)20/h3-7,9H,8H2,1-2H3,(H,19,20)(H2,16,17,18,21). The number of anilines is 1. The zero-order valence-corrected chi connectivity index (χ0v) is 12.7. The van der Waals surface area contributed by atoms with E-state index in [4.69, 9.17) is 17.3 Å². The molecule has 2 aromatic rings. The van der Waals surface area contributed by atoms with Gasteiger partial charge in [0.15, 0.2) is 0 Å². The topological polar surface area (TPSA) is 78.0 Å². The van der Waals surface area contributed by atoms with Gasteiger partial charge in [0.25, 0.3) is 0 Å². The molecule has 0 bridgehead atoms. The second-order valence-corrected chi connectivity index (χ2v) is 5.45. The fraction of sp³-hybridized carbons (Fsp3) is 0.267. The van der Waals surface area contributed by atoms with Crippen LogP contribution in [0.3, 0.4) is 0 Å². The fourth-order valence-electron chi connectivity index (χ4n) is 1.81. The third-order valence-electron chi connectivity index (χ3n) is 2.99. The van der Waals surface area contributed by atoms with Gasteiger partial charge >= 0.3 is 5.97 Å². The number of nitrogens with zero attached hydrogens (tertiary/aromatic N) is 1. The molecular weight excluding hydrogens is 286 g/mol. The molecule has 0 fully saturated rings. The Balaban J connectivity index is 2.09. The van der Waals surface area contributed by atoms with Crippen LogP contribution in [0.5, 0.6) is 0 Å². The molecule has 0 atom stereocenters. The highest BCUT2D eigenvalue weighted by Gasteiger charge is 2.04. The van der Waals surface area contributed by atoms with Crippen molar-refractivity contribution in [3.63, 3.8) is 0 Å². The molecule has 0 unspecified atom stereocenters. The van der Waals surface area contributed by atoms with E-state index in [0.29, 0.717) is 11.2 Å². The summed E-state index contributed by atoms with van der Waals surface area (Å²) in [6.45, 7) is 4.66. The van der Waals surface area contributed by atoms with Crippen LogP contribution < -0.4 is 5.32 Å². The number of nitrogens with one attached hydrogen (secondary N) is 2. The van der Waals surface area contributed by atoms with Gasteiger partial charge in [-0.05, 0) is 17.7 Å². The minimum absolute atomic E-state index is 0.267. The molecule has 21 heavy (non-hydrogen) atoms. The average Bonchev–Trinajstić information content (AvgIpc) is 2.45. The van der Waals surface area contributed by atoms with Gasteiger partial charge in [-0.15, -0.1) is 0 Å². The average molecular weight is 303 g/mol. The number of H-pyrrole nitrogens is 1. The molecule has 0 radical (unpaired) electrons. The Bertz CT molecular complexity index is 693. The second-order valence-electron chi connectivity index (χ2n) is 5.03. The van der Waals surface area contributed by atoms with Crippen LogP contribution in [0.4, 0.5) is 5.82 Å². The fourth-order valence-corrected chi connectivity index (χ4v) is 2.02. The number of hydrogen-bond donors (Lipinski definition) is 3. The molecule has 0 aliphatic rings. The Morgan fingerprint density at radius 2 is 2.05 bits per heavy atom. The van der Waals surface area contributed by atoms with Crippen LogP contribution in [0.2, 0.25) is 0 Å². The molecule has 3 N–H and O–H groups in total. The van der Waals surface area contributed by atoms with Gasteiger partial charge in [-0.1, -0.05) is 38.2 Å². The summed E-state index contributed by atoms with van der Waals surface area (Å²) < 4.78 is 0.543. The van der Waals surface area contributed by atoms with Crippen LogP contribution in [0.1, 0.15) is 41.5 Å². The molecular formula is C15H17N3O2S. The molecule has 0 aliphatic heterocycles. The van der Waals surface area contributed by atoms with E-state index in [0.717, 1.165) is 17.2 Å². The lowest BCUT2D eigenvalue weighted by Crippen LogP contribution is -2.06. The van der Waals surface area contributed by atoms with E-state index < -0.39 is 5.97 Å². The number of rotatable bonds is 5. The Morgan fingerprint density at radius 1 is 1.38 bits per heavy atom. The van der Waals surface area contributed by atoms with Crippen molar-refractivity contribution in [3.05, 3.63) is 51.9 Å². The maximum atomic E-state index is 10.8. The van der Waals surface area contributed by atoms with Crippen LogP contribution in [-0.2, 0) is 6.54 Å². The van der Waals surface area contributed by atoms with Gasteiger partial charge in [0.2, 0.25) is 0 Å². The highest BCUT2D eigenvalue weighted by molar-refractivity contribution is 7.71. The number of benzene rings is 1. The van der Waals surface area contributed by atoms with E-state index in [2.05, 4.69) is 15.3 Å². The summed E-state index contributed by atoms with van der Waals surface area (Å²) in [5.74, 6) is 0.991. The first-order chi connectivity index (χ1) is 9.95. The lowest BCUT2D eigenvalue weighted by Gasteiger charge is -2.10. The minimum Gasteiger partial charge on any atom is -0.478 e. The molecule has 110 valence electrons. The Labute approximate surface area is 128 Å². The normalized spacial score (nSPS) is 10.6. The van der Waals surface area contributed by atoms with Gasteiger partial charge in [-0.3, -0.25) is 0 Å². The first-order valence-electron chi connectivity index (χ1n) is 6.63. The summed E-state index contributed by atoms with van der Waals surface area (Å²) in [5, 5.41) is 12.1. The van der Waals surface area contributed by atoms with E-state index in [1.165, 1.54) is 0 Å². The number of aromatic carboxylic acids is 1. The highest BCUT2D eigenvalue weighted by Crippen LogP contribution is 2.13. The van der Waals surface area contributed by atoms with Crippen molar-refractivity contribution in [3.8, 4) is 0 Å². The van der Waals surface area contributed by atoms with Crippen molar-refractivity contribution < 1.29 is 9.90 Å². The Kier molecular flexibility index (Phi) is 4.70. The largest absolute Gasteiger partial charge is 0.478 e. The SMILES string of the molecule is CC(C)c1nc(=S)cc(NCc2ccc(C(=O)O)cc2)[nH]1. The molecule has 0 aliphatic carbocycles. The maximum absolute atomic E-state index is 10.8. The summed E-state index contributed by atoms with van der Waals surface area (Å²) in [6.07, 6.45) is 0. The zero-order valence-electron chi connectivity index (χ0n) is 11.9. The minimum atomic E-state index is -0.922. The summed E-state index contributed by atoms with van der Waals surface area (Å²) >= 11 is 5.15. The van der Waals surface area contributed by atoms with Gasteiger partial charge in [-0.2, -0.15) is 0 Å². The van der Waals surface area contributed by atoms with Crippen molar-refractivity contribution in [1.29, 1.82) is 0 Å². The Hall–Kier alpha value is -2.21. The molecule has 1 aromatic heterocycles. The van der Waals surface area contributed by atoms with Crippen molar-refractivity contribution in [2.24, 2.45) is 0 Å². The lowest BCUT2D eigenvalue weighted by atomic mass is 10.1. The molecule has 0 spiro atoms. The quantitative estimate of drug-likeness (QED) is 0.736. The third kappa shape index (κ3) is 4.13. The number of aromatic nitrogens is 2. The van der Waals surface area contributed by atoms with Crippen molar-refractivity contribution in [2.75, 3.05) is 5.32 Å². The summed E-state index contributed by atoms with van der Waals surface area (Å²) in [5.41, 5.74) is 1.27. The number of carbonyl (C=O) groups is 1. The molecule has 1 aromatic carbocycles. The molecule has 2 rings (SSSR count). The van der Waals surface area contributed by atoms with E-state index >= 15 is 0 Å². The molecule has 0 saturated carbocycles. The molecule has 1 heterocycles. The smallest absolute Gasteiger partial charge is 0.335 e. The molecule has 0 amide bonds. The van der Waals surface area contributed by atoms with Crippen LogP contribution in [0, 0.1) is 4.64 Å². The van der Waals surface area contributed by atoms with Crippen LogP contribution in [0.25, 0.3) is 0 Å². The summed E-state index contributed by atoms with van der Waals surface area (Å²) in [4.78, 5) is 18.3. The first kappa shape index (κ1) is 15.2. The monoisotopic (exact) mass is 303 g/mol. The van der Waals surface area contributed by atoms with Gasteiger partial charge in [0.05, 0.1) is 5.56 Å². The summed E-state index contributed by atoms with van der Waals surface area (Å²) in [6, 6.07) is 8.53. The van der Waals surface area contributed by atoms with Crippen molar-refractivity contribution in [2.45, 2.75) is 26.3 Å². The number of carboxylic acid groups (broad SMARTS) is 1. The van der Waals surface area contributed by atoms with Gasteiger partial charge in [-0.25, -0.2) is 9.78 Å². The third-order valence-corrected chi connectivity index (χ3v) is 3.20. The summed E-state index contributed by atoms with van der Waals surface area (Å²) in [7, 11) is 0. The highest BCUT2D eigenvalue weighted by atomic mass is 32.1. The number of aromatic amines is 1. The number of hydrogen-bond acceptors (Lipinski definition) is 4. The molecule has 5 nitrogen and oxygen atoms in total. The van der Waals surface area contributed by atoms with E-state index in [1.54, 1.807) is 30.3 Å². The van der Waals surface area contributed by atoms with Gasteiger partial charge in [0, 0.05) is 18.5 Å². The predicted molar refractivity (Wildman–Crippen MR) is 84.2 cm³/mol. The van der Waals surface area contributed by atoms with Crippen LogP contribution in [-0.4, -0.2) is 21.0 Å². The van der Waals surface area contributed by atoms with Crippen molar-refractivity contribution >= 4 is 24.0 Å². The molecule has 0 saturated heterocycles. The van der Waals surface area contributed by atoms with E-state index in [1.807, 2.05) is 13.8 Å². The Morgan fingerprint density at radius 3 is 2.62 bits per heavy atom. The van der Waals surface area contributed by atoms with E-state index in [-0.39, 0.29) is 11.5 Å². The first-order valence-corrected chi connectivity index (χ1v) is 7.04. The molecule has 6 heteroatoms. The van der Waals surface area contributed by atoms with Crippen molar-refractivity contribution in [1.82, 2.24) is 9.97 Å². The predicted octanol–water partition coefficient (Wildman–Crippen LogP) is 3.57.